The highest BCUT2D eigenvalue weighted by Gasteiger charge is 2.37. The molecule has 1 aliphatic rings. The van der Waals surface area contributed by atoms with Gasteiger partial charge in [-0.25, -0.2) is 0 Å². The molecule has 1 aliphatic carbocycles. The number of hydrogen-bond donors (Lipinski definition) is 1. The highest BCUT2D eigenvalue weighted by molar-refractivity contribution is 5.09. The molecule has 2 N–H and O–H groups in total. The summed E-state index contributed by atoms with van der Waals surface area (Å²) in [6, 6.07) is 0.0600. The molecule has 102 valence electrons. The summed E-state index contributed by atoms with van der Waals surface area (Å²) in [6.07, 6.45) is 12.1. The Kier molecular flexibility index (Phi) is 4.40. The average Bonchev–Trinajstić information content (AvgIpc) is 2.65. The highest BCUT2D eigenvalue weighted by Crippen LogP contribution is 2.33. The van der Waals surface area contributed by atoms with Crippen molar-refractivity contribution in [3.05, 3.63) is 18.0 Å². The first-order valence-corrected chi connectivity index (χ1v) is 6.94. The van der Waals surface area contributed by atoms with Crippen LogP contribution in [0.2, 0.25) is 0 Å². The van der Waals surface area contributed by atoms with Gasteiger partial charge in [-0.2, -0.15) is 5.10 Å². The van der Waals surface area contributed by atoms with E-state index in [9.17, 15) is 0 Å². The molecule has 0 spiro atoms. The molecule has 0 saturated heterocycles. The van der Waals surface area contributed by atoms with Crippen LogP contribution < -0.4 is 5.73 Å². The van der Waals surface area contributed by atoms with E-state index in [4.69, 9.17) is 10.5 Å². The van der Waals surface area contributed by atoms with Crippen molar-refractivity contribution in [2.24, 2.45) is 12.8 Å². The summed E-state index contributed by atoms with van der Waals surface area (Å²) in [5.74, 6) is 0. The molecular formula is C14H25N3O. The number of aromatic nitrogens is 2. The first-order valence-electron chi connectivity index (χ1n) is 6.94. The monoisotopic (exact) mass is 251 g/mol. The van der Waals surface area contributed by atoms with Crippen molar-refractivity contribution >= 4 is 0 Å². The van der Waals surface area contributed by atoms with Crippen LogP contribution >= 0.6 is 0 Å². The van der Waals surface area contributed by atoms with Gasteiger partial charge in [0.15, 0.2) is 0 Å². The van der Waals surface area contributed by atoms with Gasteiger partial charge in [0.25, 0.3) is 0 Å². The lowest BCUT2D eigenvalue weighted by atomic mass is 9.84. The van der Waals surface area contributed by atoms with Gasteiger partial charge in [0.2, 0.25) is 0 Å². The van der Waals surface area contributed by atoms with Crippen LogP contribution in [0.5, 0.6) is 0 Å². The van der Waals surface area contributed by atoms with E-state index in [1.807, 2.05) is 31.2 Å². The van der Waals surface area contributed by atoms with Gasteiger partial charge < -0.3 is 10.5 Å². The summed E-state index contributed by atoms with van der Waals surface area (Å²) in [5.41, 5.74) is 7.51. The highest BCUT2D eigenvalue weighted by atomic mass is 16.5. The van der Waals surface area contributed by atoms with E-state index in [1.165, 1.54) is 31.2 Å². The zero-order chi connectivity index (χ0) is 13.0. The first-order chi connectivity index (χ1) is 8.66. The van der Waals surface area contributed by atoms with Crippen molar-refractivity contribution < 1.29 is 4.74 Å². The van der Waals surface area contributed by atoms with Crippen molar-refractivity contribution in [3.63, 3.8) is 0 Å². The Labute approximate surface area is 110 Å². The second kappa shape index (κ2) is 5.85. The quantitative estimate of drug-likeness (QED) is 0.833. The molecule has 1 aromatic rings. The molecule has 0 aromatic carbocycles. The number of hydrogen-bond acceptors (Lipinski definition) is 3. The van der Waals surface area contributed by atoms with Gasteiger partial charge in [-0.3, -0.25) is 4.68 Å². The van der Waals surface area contributed by atoms with Gasteiger partial charge in [-0.15, -0.1) is 0 Å². The maximum absolute atomic E-state index is 6.44. The van der Waals surface area contributed by atoms with Crippen LogP contribution in [0.15, 0.2) is 12.4 Å². The van der Waals surface area contributed by atoms with Crippen LogP contribution in [0.25, 0.3) is 0 Å². The van der Waals surface area contributed by atoms with Crippen LogP contribution in [0.4, 0.5) is 0 Å². The summed E-state index contributed by atoms with van der Waals surface area (Å²) >= 11 is 0. The van der Waals surface area contributed by atoms with E-state index in [0.29, 0.717) is 0 Å². The lowest BCUT2D eigenvalue weighted by Crippen LogP contribution is -2.50. The Hall–Kier alpha value is -0.870. The fourth-order valence-electron chi connectivity index (χ4n) is 3.07. The van der Waals surface area contributed by atoms with Crippen LogP contribution in [-0.2, 0) is 18.2 Å². The Bertz CT molecular complexity index is 367. The Morgan fingerprint density at radius 2 is 2.06 bits per heavy atom. The first kappa shape index (κ1) is 13.6. The fourth-order valence-corrected chi connectivity index (χ4v) is 3.07. The van der Waals surface area contributed by atoms with Crippen LogP contribution in [0, 0.1) is 0 Å². The predicted octanol–water partition coefficient (Wildman–Crippen LogP) is 2.03. The topological polar surface area (TPSA) is 53.1 Å². The summed E-state index contributed by atoms with van der Waals surface area (Å²) in [6.45, 7) is 0. The summed E-state index contributed by atoms with van der Waals surface area (Å²) < 4.78 is 7.68. The molecule has 1 saturated carbocycles. The minimum Gasteiger partial charge on any atom is -0.377 e. The molecule has 1 aromatic heterocycles. The molecule has 0 aliphatic heterocycles. The van der Waals surface area contributed by atoms with Crippen molar-refractivity contribution in [2.45, 2.75) is 56.6 Å². The molecule has 4 nitrogen and oxygen atoms in total. The molecule has 1 fully saturated rings. The predicted molar refractivity (Wildman–Crippen MR) is 72.3 cm³/mol. The Morgan fingerprint density at radius 1 is 1.39 bits per heavy atom. The summed E-state index contributed by atoms with van der Waals surface area (Å²) in [4.78, 5) is 0. The van der Waals surface area contributed by atoms with Crippen molar-refractivity contribution in [2.75, 3.05) is 7.11 Å². The maximum atomic E-state index is 6.44. The number of ether oxygens (including phenoxy) is 1. The Balaban J connectivity index is 2.06. The standard InChI is InChI=1S/C14H25N3O/c1-17-11-12(10-16-17)9-13(15)14(18-2)7-5-3-4-6-8-14/h10-11,13H,3-9,15H2,1-2H3. The zero-order valence-corrected chi connectivity index (χ0v) is 11.6. The van der Waals surface area contributed by atoms with Crippen LogP contribution in [0.3, 0.4) is 0 Å². The van der Waals surface area contributed by atoms with Gasteiger partial charge in [0.05, 0.1) is 11.8 Å². The minimum atomic E-state index is -0.133. The second-order valence-electron chi connectivity index (χ2n) is 5.52. The fraction of sp³-hybridized carbons (Fsp3) is 0.786. The molecule has 4 heteroatoms. The normalized spacial score (nSPS) is 21.5. The zero-order valence-electron chi connectivity index (χ0n) is 11.6. The average molecular weight is 251 g/mol. The van der Waals surface area contributed by atoms with Gasteiger partial charge in [0.1, 0.15) is 0 Å². The van der Waals surface area contributed by atoms with Gasteiger partial charge in [0, 0.05) is 26.4 Å². The molecule has 1 heterocycles. The lowest BCUT2D eigenvalue weighted by Gasteiger charge is -2.37. The van der Waals surface area contributed by atoms with Crippen molar-refractivity contribution in [1.82, 2.24) is 9.78 Å². The molecule has 18 heavy (non-hydrogen) atoms. The maximum Gasteiger partial charge on any atom is 0.0832 e. The molecule has 2 rings (SSSR count). The third-order valence-corrected chi connectivity index (χ3v) is 4.25. The molecule has 0 bridgehead atoms. The van der Waals surface area contributed by atoms with Crippen LogP contribution in [-0.4, -0.2) is 28.5 Å². The van der Waals surface area contributed by atoms with E-state index in [0.717, 1.165) is 19.3 Å². The molecule has 0 amide bonds. The van der Waals surface area contributed by atoms with E-state index >= 15 is 0 Å². The van der Waals surface area contributed by atoms with E-state index < -0.39 is 0 Å². The molecular weight excluding hydrogens is 226 g/mol. The second-order valence-corrected chi connectivity index (χ2v) is 5.52. The molecule has 0 radical (unpaired) electrons. The third-order valence-electron chi connectivity index (χ3n) is 4.25. The summed E-state index contributed by atoms with van der Waals surface area (Å²) in [5, 5.41) is 4.20. The lowest BCUT2D eigenvalue weighted by molar-refractivity contribution is -0.0430. The smallest absolute Gasteiger partial charge is 0.0832 e. The number of rotatable bonds is 4. The largest absolute Gasteiger partial charge is 0.377 e. The van der Waals surface area contributed by atoms with Gasteiger partial charge in [-0.05, 0) is 24.8 Å². The number of nitrogens with zero attached hydrogens (tertiary/aromatic N) is 2. The van der Waals surface area contributed by atoms with E-state index in [2.05, 4.69) is 5.10 Å². The number of nitrogens with two attached hydrogens (primary N) is 1. The molecule has 1 unspecified atom stereocenters. The van der Waals surface area contributed by atoms with E-state index in [-0.39, 0.29) is 11.6 Å². The minimum absolute atomic E-state index is 0.0600. The number of aryl methyl sites for hydroxylation is 1. The van der Waals surface area contributed by atoms with Gasteiger partial charge in [-0.1, -0.05) is 25.7 Å². The number of methoxy groups -OCH3 is 1. The SMILES string of the molecule is COC1(C(N)Cc2cnn(C)c2)CCCCCC1. The van der Waals surface area contributed by atoms with Crippen LogP contribution in [0.1, 0.15) is 44.1 Å². The van der Waals surface area contributed by atoms with Crippen molar-refractivity contribution in [1.29, 1.82) is 0 Å². The van der Waals surface area contributed by atoms with E-state index in [1.54, 1.807) is 0 Å². The summed E-state index contributed by atoms with van der Waals surface area (Å²) in [7, 11) is 3.75. The third kappa shape index (κ3) is 2.93. The molecule has 1 atom stereocenters. The Morgan fingerprint density at radius 3 is 2.56 bits per heavy atom. The van der Waals surface area contributed by atoms with Gasteiger partial charge >= 0.3 is 0 Å². The van der Waals surface area contributed by atoms with Crippen molar-refractivity contribution in [3.8, 4) is 0 Å².